The molecule has 25 heavy (non-hydrogen) atoms. The Hall–Kier alpha value is -2.60. The Balaban J connectivity index is 1.75. The number of benzene rings is 2. The van der Waals surface area contributed by atoms with Crippen LogP contribution in [0.2, 0.25) is 0 Å². The second-order valence-corrected chi connectivity index (χ2v) is 7.14. The molecule has 128 valence electrons. The first kappa shape index (κ1) is 17.2. The summed E-state index contributed by atoms with van der Waals surface area (Å²) in [4.78, 5) is 12.5. The number of para-hydroxylation sites is 2. The number of carbonyl (C=O) groups excluding carboxylic acids is 1. The van der Waals surface area contributed by atoms with Crippen molar-refractivity contribution in [2.24, 2.45) is 0 Å². The van der Waals surface area contributed by atoms with Crippen molar-refractivity contribution in [3.8, 4) is 5.69 Å². The van der Waals surface area contributed by atoms with Gasteiger partial charge in [-0.15, -0.1) is 10.2 Å². The number of hydrogen-bond donors (Lipinski definition) is 1. The Labute approximate surface area is 151 Å². The first-order valence-electron chi connectivity index (χ1n) is 8.05. The highest BCUT2D eigenvalue weighted by Crippen LogP contribution is 2.26. The van der Waals surface area contributed by atoms with E-state index in [1.807, 2.05) is 73.9 Å². The summed E-state index contributed by atoms with van der Waals surface area (Å²) in [5.41, 5.74) is 4.01. The van der Waals surface area contributed by atoms with Gasteiger partial charge < -0.3 is 5.32 Å². The van der Waals surface area contributed by atoms with Crippen LogP contribution in [0.3, 0.4) is 0 Å². The van der Waals surface area contributed by atoms with Crippen LogP contribution in [0.5, 0.6) is 0 Å². The Morgan fingerprint density at radius 3 is 2.48 bits per heavy atom. The van der Waals surface area contributed by atoms with Gasteiger partial charge in [-0.2, -0.15) is 0 Å². The lowest BCUT2D eigenvalue weighted by Gasteiger charge is -2.14. The standard InChI is InChI=1S/C19H20N4OS/c1-13-8-4-6-10-16(13)21-18(24)15(3)25-19-22-20-12-23(19)17-11-7-5-9-14(17)2/h4-12,15H,1-3H3,(H,21,24). The normalized spacial score (nSPS) is 12.0. The Bertz CT molecular complexity index is 890. The summed E-state index contributed by atoms with van der Waals surface area (Å²) in [5, 5.41) is 11.6. The molecule has 0 bridgehead atoms. The topological polar surface area (TPSA) is 59.8 Å². The maximum Gasteiger partial charge on any atom is 0.237 e. The fourth-order valence-electron chi connectivity index (χ4n) is 2.46. The third-order valence-corrected chi connectivity index (χ3v) is 5.00. The minimum Gasteiger partial charge on any atom is -0.325 e. The molecule has 1 N–H and O–H groups in total. The van der Waals surface area contributed by atoms with E-state index in [2.05, 4.69) is 15.5 Å². The largest absolute Gasteiger partial charge is 0.325 e. The summed E-state index contributed by atoms with van der Waals surface area (Å²) in [7, 11) is 0. The smallest absolute Gasteiger partial charge is 0.237 e. The van der Waals surface area contributed by atoms with Gasteiger partial charge in [0.2, 0.25) is 5.91 Å². The summed E-state index contributed by atoms with van der Waals surface area (Å²) in [6, 6.07) is 15.8. The lowest BCUT2D eigenvalue weighted by molar-refractivity contribution is -0.115. The maximum absolute atomic E-state index is 12.5. The lowest BCUT2D eigenvalue weighted by Crippen LogP contribution is -2.23. The van der Waals surface area contributed by atoms with E-state index in [9.17, 15) is 4.79 Å². The van der Waals surface area contributed by atoms with E-state index >= 15 is 0 Å². The van der Waals surface area contributed by atoms with Gasteiger partial charge in [0.05, 0.1) is 10.9 Å². The van der Waals surface area contributed by atoms with E-state index in [-0.39, 0.29) is 11.2 Å². The highest BCUT2D eigenvalue weighted by Gasteiger charge is 2.19. The molecule has 0 saturated heterocycles. The minimum atomic E-state index is -0.299. The Morgan fingerprint density at radius 1 is 1.08 bits per heavy atom. The third-order valence-electron chi connectivity index (χ3n) is 3.95. The second-order valence-electron chi connectivity index (χ2n) is 5.83. The zero-order valence-electron chi connectivity index (χ0n) is 14.4. The number of nitrogens with one attached hydrogen (secondary N) is 1. The molecule has 3 rings (SSSR count). The van der Waals surface area contributed by atoms with Crippen molar-refractivity contribution >= 4 is 23.4 Å². The molecule has 5 nitrogen and oxygen atoms in total. The van der Waals surface area contributed by atoms with Crippen LogP contribution in [-0.4, -0.2) is 25.9 Å². The molecule has 6 heteroatoms. The van der Waals surface area contributed by atoms with Crippen LogP contribution in [0, 0.1) is 13.8 Å². The van der Waals surface area contributed by atoms with Crippen molar-refractivity contribution in [3.63, 3.8) is 0 Å². The van der Waals surface area contributed by atoms with Crippen molar-refractivity contribution in [1.82, 2.24) is 14.8 Å². The van der Waals surface area contributed by atoms with Crippen molar-refractivity contribution in [1.29, 1.82) is 0 Å². The summed E-state index contributed by atoms with van der Waals surface area (Å²) >= 11 is 1.39. The van der Waals surface area contributed by atoms with Crippen molar-refractivity contribution in [3.05, 3.63) is 66.0 Å². The fraction of sp³-hybridized carbons (Fsp3) is 0.211. The van der Waals surface area contributed by atoms with Gasteiger partial charge in [0.1, 0.15) is 6.33 Å². The van der Waals surface area contributed by atoms with Crippen LogP contribution in [0.25, 0.3) is 5.69 Å². The van der Waals surface area contributed by atoms with Crippen molar-refractivity contribution in [2.75, 3.05) is 5.32 Å². The van der Waals surface area contributed by atoms with Gasteiger partial charge in [-0.3, -0.25) is 9.36 Å². The van der Waals surface area contributed by atoms with Crippen LogP contribution in [0.1, 0.15) is 18.1 Å². The second kappa shape index (κ2) is 7.53. The van der Waals surface area contributed by atoms with Crippen LogP contribution < -0.4 is 5.32 Å². The number of amides is 1. The molecule has 1 aromatic heterocycles. The zero-order valence-corrected chi connectivity index (χ0v) is 15.2. The van der Waals surface area contributed by atoms with Gasteiger partial charge in [0.15, 0.2) is 5.16 Å². The van der Waals surface area contributed by atoms with E-state index in [0.29, 0.717) is 5.16 Å². The lowest BCUT2D eigenvalue weighted by atomic mass is 10.2. The molecule has 0 radical (unpaired) electrons. The molecule has 3 aromatic rings. The van der Waals surface area contributed by atoms with Gasteiger partial charge in [-0.25, -0.2) is 0 Å². The minimum absolute atomic E-state index is 0.0568. The summed E-state index contributed by atoms with van der Waals surface area (Å²) in [6.45, 7) is 5.88. The van der Waals surface area contributed by atoms with Crippen LogP contribution in [0.15, 0.2) is 60.0 Å². The first-order valence-corrected chi connectivity index (χ1v) is 8.93. The van der Waals surface area contributed by atoms with E-state index < -0.39 is 0 Å². The number of nitrogens with zero attached hydrogens (tertiary/aromatic N) is 3. The number of anilines is 1. The molecule has 2 aromatic carbocycles. The molecular weight excluding hydrogens is 332 g/mol. The van der Waals surface area contributed by atoms with Gasteiger partial charge >= 0.3 is 0 Å². The maximum atomic E-state index is 12.5. The highest BCUT2D eigenvalue weighted by atomic mass is 32.2. The molecule has 1 atom stereocenters. The number of rotatable bonds is 5. The number of thioether (sulfide) groups is 1. The van der Waals surface area contributed by atoms with Gasteiger partial charge in [0.25, 0.3) is 0 Å². The van der Waals surface area contributed by atoms with E-state index in [1.165, 1.54) is 11.8 Å². The summed E-state index contributed by atoms with van der Waals surface area (Å²) in [5.74, 6) is -0.0568. The predicted molar refractivity (Wildman–Crippen MR) is 101 cm³/mol. The fourth-order valence-corrected chi connectivity index (χ4v) is 3.30. The number of hydrogen-bond acceptors (Lipinski definition) is 4. The highest BCUT2D eigenvalue weighted by molar-refractivity contribution is 8.00. The van der Waals surface area contributed by atoms with E-state index in [4.69, 9.17) is 0 Å². The molecule has 1 amide bonds. The molecule has 1 heterocycles. The van der Waals surface area contributed by atoms with Gasteiger partial charge in [-0.05, 0) is 44.0 Å². The van der Waals surface area contributed by atoms with Crippen LogP contribution in [-0.2, 0) is 4.79 Å². The molecule has 0 aliphatic rings. The Morgan fingerprint density at radius 2 is 1.76 bits per heavy atom. The molecule has 0 aliphatic carbocycles. The van der Waals surface area contributed by atoms with Crippen LogP contribution in [0.4, 0.5) is 5.69 Å². The summed E-state index contributed by atoms with van der Waals surface area (Å²) in [6.07, 6.45) is 1.68. The SMILES string of the molecule is Cc1ccccc1NC(=O)C(C)Sc1nncn1-c1ccccc1C. The molecule has 0 spiro atoms. The van der Waals surface area contributed by atoms with E-state index in [1.54, 1.807) is 6.33 Å². The monoisotopic (exact) mass is 352 g/mol. The molecule has 1 unspecified atom stereocenters. The molecule has 0 saturated carbocycles. The molecule has 0 aliphatic heterocycles. The molecular formula is C19H20N4OS. The van der Waals surface area contributed by atoms with Crippen molar-refractivity contribution < 1.29 is 4.79 Å². The van der Waals surface area contributed by atoms with Crippen molar-refractivity contribution in [2.45, 2.75) is 31.2 Å². The summed E-state index contributed by atoms with van der Waals surface area (Å²) < 4.78 is 1.91. The number of carbonyl (C=O) groups is 1. The first-order chi connectivity index (χ1) is 12.1. The van der Waals surface area contributed by atoms with Gasteiger partial charge in [0, 0.05) is 5.69 Å². The van der Waals surface area contributed by atoms with Crippen LogP contribution >= 0.6 is 11.8 Å². The average Bonchev–Trinajstić information content (AvgIpc) is 3.05. The number of aryl methyl sites for hydroxylation is 2. The van der Waals surface area contributed by atoms with E-state index in [0.717, 1.165) is 22.5 Å². The molecule has 0 fully saturated rings. The Kier molecular flexibility index (Phi) is 5.19. The third kappa shape index (κ3) is 3.91. The number of aromatic nitrogens is 3. The average molecular weight is 352 g/mol. The quantitative estimate of drug-likeness (QED) is 0.705. The zero-order chi connectivity index (χ0) is 17.8. The van der Waals surface area contributed by atoms with Gasteiger partial charge in [-0.1, -0.05) is 48.2 Å². The predicted octanol–water partition coefficient (Wildman–Crippen LogP) is 4.00.